The number of fused-ring (bicyclic) bond motifs is 1. The summed E-state index contributed by atoms with van der Waals surface area (Å²) in [5, 5.41) is 13.9. The summed E-state index contributed by atoms with van der Waals surface area (Å²) in [6.45, 7) is 0. The number of ether oxygens (including phenoxy) is 1. The number of nitro benzene ring substituents is 1. The number of hydrogen-bond acceptors (Lipinski definition) is 5. The Balaban J connectivity index is 1.67. The SMILES string of the molecule is COc1ccc(N2C(=O)CC(c3ccc4ccccc4c3)C3=C2CCCC3=O)c([N+](=O)[O-])c1. The van der Waals surface area contributed by atoms with Gasteiger partial charge in [0.25, 0.3) is 5.69 Å². The smallest absolute Gasteiger partial charge is 0.297 e. The highest BCUT2D eigenvalue weighted by Gasteiger charge is 2.41. The van der Waals surface area contributed by atoms with Crippen LogP contribution in [0.3, 0.4) is 0 Å². The molecule has 1 atom stereocenters. The Hall–Kier alpha value is -4.00. The zero-order valence-corrected chi connectivity index (χ0v) is 18.1. The maximum Gasteiger partial charge on any atom is 0.297 e. The molecule has 3 aromatic rings. The second kappa shape index (κ2) is 8.16. The number of carbonyl (C=O) groups is 2. The molecule has 0 fully saturated rings. The summed E-state index contributed by atoms with van der Waals surface area (Å²) < 4.78 is 5.13. The third-order valence-electron chi connectivity index (χ3n) is 6.47. The van der Waals surface area contributed by atoms with Crippen molar-refractivity contribution in [2.45, 2.75) is 31.6 Å². The Morgan fingerprint density at radius 2 is 1.79 bits per heavy atom. The second-order valence-corrected chi connectivity index (χ2v) is 8.34. The Kier molecular flexibility index (Phi) is 5.17. The number of methoxy groups -OCH3 is 1. The van der Waals surface area contributed by atoms with Gasteiger partial charge in [-0.15, -0.1) is 0 Å². The molecule has 7 nitrogen and oxygen atoms in total. The topological polar surface area (TPSA) is 89.8 Å². The number of nitro groups is 1. The van der Waals surface area contributed by atoms with Crippen molar-refractivity contribution in [3.05, 3.63) is 87.6 Å². The monoisotopic (exact) mass is 442 g/mol. The maximum atomic E-state index is 13.5. The van der Waals surface area contributed by atoms with Crippen LogP contribution in [0.4, 0.5) is 11.4 Å². The van der Waals surface area contributed by atoms with Crippen LogP contribution in [0.5, 0.6) is 5.75 Å². The molecule has 2 aliphatic rings. The van der Waals surface area contributed by atoms with Gasteiger partial charge in [-0.25, -0.2) is 0 Å². The minimum atomic E-state index is -0.522. The number of amides is 1. The van der Waals surface area contributed by atoms with Crippen LogP contribution >= 0.6 is 0 Å². The molecule has 0 bridgehead atoms. The Bertz CT molecular complexity index is 1340. The fraction of sp³-hybridized carbons (Fsp3) is 0.231. The van der Waals surface area contributed by atoms with Gasteiger partial charge in [0.1, 0.15) is 11.4 Å². The van der Waals surface area contributed by atoms with E-state index in [1.165, 1.54) is 24.1 Å². The third-order valence-corrected chi connectivity index (χ3v) is 6.47. The molecule has 7 heteroatoms. The largest absolute Gasteiger partial charge is 0.496 e. The minimum Gasteiger partial charge on any atom is -0.496 e. The molecule has 1 aliphatic heterocycles. The molecule has 1 unspecified atom stereocenters. The molecule has 3 aromatic carbocycles. The van der Waals surface area contributed by atoms with E-state index in [1.807, 2.05) is 42.5 Å². The second-order valence-electron chi connectivity index (χ2n) is 8.34. The first kappa shape index (κ1) is 20.9. The van der Waals surface area contributed by atoms with Crippen molar-refractivity contribution in [3.63, 3.8) is 0 Å². The van der Waals surface area contributed by atoms with Gasteiger partial charge < -0.3 is 4.74 Å². The molecule has 33 heavy (non-hydrogen) atoms. The van der Waals surface area contributed by atoms with Crippen molar-refractivity contribution >= 4 is 33.8 Å². The summed E-state index contributed by atoms with van der Waals surface area (Å²) in [6.07, 6.45) is 1.61. The van der Waals surface area contributed by atoms with Crippen LogP contribution in [0.15, 0.2) is 71.9 Å². The van der Waals surface area contributed by atoms with Gasteiger partial charge >= 0.3 is 0 Å². The Morgan fingerprint density at radius 1 is 1.00 bits per heavy atom. The number of ketones is 1. The first-order valence-corrected chi connectivity index (χ1v) is 10.9. The van der Waals surface area contributed by atoms with Crippen molar-refractivity contribution in [1.29, 1.82) is 0 Å². The predicted molar refractivity (Wildman–Crippen MR) is 124 cm³/mol. The van der Waals surface area contributed by atoms with Gasteiger partial charge in [-0.2, -0.15) is 0 Å². The van der Waals surface area contributed by atoms with Crippen molar-refractivity contribution in [2.75, 3.05) is 12.0 Å². The molecule has 0 spiro atoms. The van der Waals surface area contributed by atoms with Gasteiger partial charge in [-0.1, -0.05) is 42.5 Å². The van der Waals surface area contributed by atoms with Crippen molar-refractivity contribution in [3.8, 4) is 5.75 Å². The van der Waals surface area contributed by atoms with E-state index in [0.29, 0.717) is 36.3 Å². The third kappa shape index (κ3) is 3.55. The number of rotatable bonds is 4. The lowest BCUT2D eigenvalue weighted by Crippen LogP contribution is -2.40. The number of Topliss-reactive ketones (excluding diaryl/α,β-unsaturated/α-hetero) is 1. The number of carbonyl (C=O) groups excluding carboxylic acids is 2. The molecule has 1 heterocycles. The molecule has 0 saturated carbocycles. The first-order valence-electron chi connectivity index (χ1n) is 10.9. The summed E-state index contributed by atoms with van der Waals surface area (Å²) >= 11 is 0. The lowest BCUT2D eigenvalue weighted by molar-refractivity contribution is -0.384. The van der Waals surface area contributed by atoms with Crippen molar-refractivity contribution in [1.82, 2.24) is 0 Å². The summed E-state index contributed by atoms with van der Waals surface area (Å²) in [5.41, 5.74) is 2.03. The molecule has 166 valence electrons. The molecular formula is C26H22N2O5. The fourth-order valence-corrected chi connectivity index (χ4v) is 4.95. The van der Waals surface area contributed by atoms with E-state index < -0.39 is 4.92 Å². The minimum absolute atomic E-state index is 0.00285. The number of nitrogens with zero attached hydrogens (tertiary/aromatic N) is 2. The Labute approximate surface area is 190 Å². The number of allylic oxidation sites excluding steroid dienone is 2. The molecular weight excluding hydrogens is 420 g/mol. The molecule has 1 amide bonds. The van der Waals surface area contributed by atoms with E-state index in [1.54, 1.807) is 6.07 Å². The molecule has 1 aliphatic carbocycles. The van der Waals surface area contributed by atoms with E-state index >= 15 is 0 Å². The van der Waals surface area contributed by atoms with Gasteiger partial charge in [-0.05, 0) is 41.3 Å². The van der Waals surface area contributed by atoms with Crippen LogP contribution in [-0.4, -0.2) is 23.7 Å². The summed E-state index contributed by atoms with van der Waals surface area (Å²) in [7, 11) is 1.43. The first-order chi connectivity index (χ1) is 16.0. The van der Waals surface area contributed by atoms with Crippen LogP contribution < -0.4 is 9.64 Å². The van der Waals surface area contributed by atoms with Crippen LogP contribution in [0.25, 0.3) is 10.8 Å². The lowest BCUT2D eigenvalue weighted by Gasteiger charge is -2.38. The molecule has 0 N–H and O–H groups in total. The predicted octanol–water partition coefficient (Wildman–Crippen LogP) is 5.28. The van der Waals surface area contributed by atoms with Gasteiger partial charge in [0.2, 0.25) is 5.91 Å². The highest BCUT2D eigenvalue weighted by molar-refractivity contribution is 6.08. The normalized spacial score (nSPS) is 18.5. The fourth-order valence-electron chi connectivity index (χ4n) is 4.95. The highest BCUT2D eigenvalue weighted by Crippen LogP contribution is 2.46. The van der Waals surface area contributed by atoms with E-state index in [9.17, 15) is 19.7 Å². The van der Waals surface area contributed by atoms with Gasteiger partial charge in [0.15, 0.2) is 5.78 Å². The van der Waals surface area contributed by atoms with Crippen LogP contribution in [-0.2, 0) is 9.59 Å². The molecule has 0 aromatic heterocycles. The number of hydrogen-bond donors (Lipinski definition) is 0. The number of anilines is 1. The standard InChI is InChI=1S/C26H22N2O5/c1-33-19-11-12-21(23(14-19)28(31)32)27-22-7-4-8-24(29)26(22)20(15-25(27)30)18-10-9-16-5-2-3-6-17(16)13-18/h2-3,5-6,9-14,20H,4,7-8,15H2,1H3. The van der Waals surface area contributed by atoms with Gasteiger partial charge in [0.05, 0.1) is 18.1 Å². The summed E-state index contributed by atoms with van der Waals surface area (Å²) in [6, 6.07) is 18.4. The zero-order valence-electron chi connectivity index (χ0n) is 18.1. The summed E-state index contributed by atoms with van der Waals surface area (Å²) in [5.74, 6) is -0.283. The number of benzene rings is 3. The van der Waals surface area contributed by atoms with Crippen LogP contribution in [0.1, 0.15) is 37.2 Å². The molecule has 5 rings (SSSR count). The average molecular weight is 442 g/mol. The van der Waals surface area contributed by atoms with Crippen LogP contribution in [0.2, 0.25) is 0 Å². The van der Waals surface area contributed by atoms with Crippen molar-refractivity contribution < 1.29 is 19.2 Å². The van der Waals surface area contributed by atoms with E-state index in [4.69, 9.17) is 4.74 Å². The average Bonchev–Trinajstić information content (AvgIpc) is 2.83. The van der Waals surface area contributed by atoms with Gasteiger partial charge in [-0.3, -0.25) is 24.6 Å². The molecule has 0 radical (unpaired) electrons. The van der Waals surface area contributed by atoms with E-state index in [-0.39, 0.29) is 35.4 Å². The zero-order chi connectivity index (χ0) is 23.1. The van der Waals surface area contributed by atoms with Gasteiger partial charge in [0, 0.05) is 30.0 Å². The van der Waals surface area contributed by atoms with E-state index in [2.05, 4.69) is 0 Å². The van der Waals surface area contributed by atoms with Crippen LogP contribution in [0, 0.1) is 10.1 Å². The van der Waals surface area contributed by atoms with Crippen molar-refractivity contribution in [2.24, 2.45) is 0 Å². The summed E-state index contributed by atoms with van der Waals surface area (Å²) in [4.78, 5) is 39.3. The molecule has 0 saturated heterocycles. The highest BCUT2D eigenvalue weighted by atomic mass is 16.6. The Morgan fingerprint density at radius 3 is 2.55 bits per heavy atom. The maximum absolute atomic E-state index is 13.5. The lowest BCUT2D eigenvalue weighted by atomic mass is 9.76. The quantitative estimate of drug-likeness (QED) is 0.405. The van der Waals surface area contributed by atoms with E-state index in [0.717, 1.165) is 16.3 Å².